The number of nitrogens with one attached hydrogen (secondary N) is 1. The predicted octanol–water partition coefficient (Wildman–Crippen LogP) is 1.03. The number of para-hydroxylation sites is 1. The molecule has 0 bridgehead atoms. The molecule has 3 rings (SSSR count). The van der Waals surface area contributed by atoms with Crippen molar-refractivity contribution in [1.29, 1.82) is 0 Å². The lowest BCUT2D eigenvalue weighted by atomic mass is 9.96. The van der Waals surface area contributed by atoms with Crippen molar-refractivity contribution in [2.45, 2.75) is 12.0 Å². The molecule has 0 saturated carbocycles. The summed E-state index contributed by atoms with van der Waals surface area (Å²) < 4.78 is 40.0. The maximum Gasteiger partial charge on any atom is 0.290 e. The molecule has 5 nitrogen and oxygen atoms in total. The lowest BCUT2D eigenvalue weighted by Crippen LogP contribution is -2.51. The maximum atomic E-state index is 14.4. The first-order valence-electron chi connectivity index (χ1n) is 7.45. The molecule has 0 unspecified atom stereocenters. The molecular weight excluding hydrogens is 294 g/mol. The molecule has 1 saturated heterocycles. The smallest absolute Gasteiger partial charge is 0.290 e. The largest absolute Gasteiger partial charge is 0.486 e. The van der Waals surface area contributed by atoms with Gasteiger partial charge in [0.25, 0.3) is 5.92 Å². The molecule has 22 heavy (non-hydrogen) atoms. The number of hydrogen-bond acceptors (Lipinski definition) is 5. The highest BCUT2D eigenvalue weighted by Gasteiger charge is 2.46. The van der Waals surface area contributed by atoms with Gasteiger partial charge in [-0.25, -0.2) is 8.78 Å². The van der Waals surface area contributed by atoms with Gasteiger partial charge >= 0.3 is 0 Å². The Kier molecular flexibility index (Phi) is 4.46. The van der Waals surface area contributed by atoms with Crippen LogP contribution in [0.4, 0.5) is 8.78 Å². The fourth-order valence-electron chi connectivity index (χ4n) is 3.03. The van der Waals surface area contributed by atoms with E-state index in [0.29, 0.717) is 56.5 Å². The van der Waals surface area contributed by atoms with E-state index in [1.165, 1.54) is 0 Å². The van der Waals surface area contributed by atoms with Crippen LogP contribution in [0.1, 0.15) is 11.6 Å². The van der Waals surface area contributed by atoms with Crippen molar-refractivity contribution >= 4 is 0 Å². The Hall–Kier alpha value is -1.44. The summed E-state index contributed by atoms with van der Waals surface area (Å²) in [5.74, 6) is -2.41. The van der Waals surface area contributed by atoms with Crippen molar-refractivity contribution in [2.24, 2.45) is 0 Å². The van der Waals surface area contributed by atoms with Crippen LogP contribution >= 0.6 is 0 Å². The third-order valence-electron chi connectivity index (χ3n) is 4.02. The zero-order valence-electron chi connectivity index (χ0n) is 12.2. The third kappa shape index (κ3) is 2.88. The molecule has 0 radical (unpaired) electrons. The van der Waals surface area contributed by atoms with E-state index in [0.717, 1.165) is 0 Å². The fraction of sp³-hybridized carbons (Fsp3) is 0.600. The molecule has 0 aliphatic carbocycles. The molecular formula is C15H20F2N2O3. The minimum atomic E-state index is -3.26. The summed E-state index contributed by atoms with van der Waals surface area (Å²) in [6.07, 6.45) is 0. The van der Waals surface area contributed by atoms with E-state index in [2.05, 4.69) is 5.32 Å². The van der Waals surface area contributed by atoms with Crippen molar-refractivity contribution in [2.75, 3.05) is 46.0 Å². The van der Waals surface area contributed by atoms with Crippen LogP contribution < -0.4 is 14.8 Å². The monoisotopic (exact) mass is 314 g/mol. The first kappa shape index (κ1) is 15.5. The quantitative estimate of drug-likeness (QED) is 0.869. The normalized spacial score (nSPS) is 20.7. The summed E-state index contributed by atoms with van der Waals surface area (Å²) in [4.78, 5) is 1.69. The van der Waals surface area contributed by atoms with Gasteiger partial charge in [0, 0.05) is 31.7 Å². The number of aliphatic hydroxyl groups is 1. The first-order chi connectivity index (χ1) is 10.6. The number of ether oxygens (including phenoxy) is 2. The van der Waals surface area contributed by atoms with Crippen molar-refractivity contribution in [1.82, 2.24) is 10.2 Å². The molecule has 7 heteroatoms. The molecule has 1 aromatic rings. The predicted molar refractivity (Wildman–Crippen MR) is 76.6 cm³/mol. The average Bonchev–Trinajstić information content (AvgIpc) is 2.56. The Morgan fingerprint density at radius 1 is 1.23 bits per heavy atom. The highest BCUT2D eigenvalue weighted by Crippen LogP contribution is 2.44. The SMILES string of the molecule is OCC(F)(F)[C@H](c1cccc2c1OCCO2)N1CCNCC1. The van der Waals surface area contributed by atoms with Crippen molar-refractivity contribution in [3.63, 3.8) is 0 Å². The van der Waals surface area contributed by atoms with Gasteiger partial charge in [-0.3, -0.25) is 4.90 Å². The minimum Gasteiger partial charge on any atom is -0.486 e. The van der Waals surface area contributed by atoms with E-state index in [-0.39, 0.29) is 0 Å². The molecule has 0 spiro atoms. The number of halogens is 2. The van der Waals surface area contributed by atoms with Crippen LogP contribution in [0.3, 0.4) is 0 Å². The number of aliphatic hydroxyl groups excluding tert-OH is 1. The number of hydrogen-bond donors (Lipinski definition) is 2. The Balaban J connectivity index is 2.02. The van der Waals surface area contributed by atoms with Crippen molar-refractivity contribution < 1.29 is 23.4 Å². The number of fused-ring (bicyclic) bond motifs is 1. The van der Waals surface area contributed by atoms with Crippen LogP contribution in [0.15, 0.2) is 18.2 Å². The van der Waals surface area contributed by atoms with E-state index in [1.54, 1.807) is 23.1 Å². The van der Waals surface area contributed by atoms with E-state index in [1.807, 2.05) is 0 Å². The standard InChI is InChI=1S/C15H20F2N2O3/c16-15(17,10-20)14(19-6-4-18-5-7-19)11-2-1-3-12-13(11)22-9-8-21-12/h1-3,14,18,20H,4-10H2/t14-/m0/s1. The zero-order chi connectivity index (χ0) is 15.6. The fourth-order valence-corrected chi connectivity index (χ4v) is 3.03. The van der Waals surface area contributed by atoms with Crippen LogP contribution in [0.25, 0.3) is 0 Å². The highest BCUT2D eigenvalue weighted by molar-refractivity contribution is 5.49. The molecule has 2 heterocycles. The molecule has 1 aromatic carbocycles. The summed E-state index contributed by atoms with van der Waals surface area (Å²) in [5.41, 5.74) is 0.373. The number of piperazine rings is 1. The van der Waals surface area contributed by atoms with Gasteiger partial charge in [-0.05, 0) is 6.07 Å². The summed E-state index contributed by atoms with van der Waals surface area (Å²) in [7, 11) is 0. The second-order valence-electron chi connectivity index (χ2n) is 5.48. The third-order valence-corrected chi connectivity index (χ3v) is 4.02. The van der Waals surface area contributed by atoms with Crippen LogP contribution in [-0.4, -0.2) is 61.9 Å². The molecule has 0 aromatic heterocycles. The van der Waals surface area contributed by atoms with Gasteiger partial charge in [-0.1, -0.05) is 12.1 Å². The second kappa shape index (κ2) is 6.36. The van der Waals surface area contributed by atoms with E-state index >= 15 is 0 Å². The van der Waals surface area contributed by atoms with Crippen LogP contribution in [0.2, 0.25) is 0 Å². The van der Waals surface area contributed by atoms with E-state index < -0.39 is 18.6 Å². The summed E-state index contributed by atoms with van der Waals surface area (Å²) in [6, 6.07) is 3.80. The summed E-state index contributed by atoms with van der Waals surface area (Å²) >= 11 is 0. The van der Waals surface area contributed by atoms with Crippen LogP contribution in [0.5, 0.6) is 11.5 Å². The van der Waals surface area contributed by atoms with Crippen molar-refractivity contribution in [3.05, 3.63) is 23.8 Å². The molecule has 2 N–H and O–H groups in total. The topological polar surface area (TPSA) is 54.0 Å². The Bertz CT molecular complexity index is 522. The van der Waals surface area contributed by atoms with Crippen LogP contribution in [0, 0.1) is 0 Å². The Morgan fingerprint density at radius 3 is 2.68 bits per heavy atom. The summed E-state index contributed by atoms with van der Waals surface area (Å²) in [5, 5.41) is 12.3. The Labute approximate surface area is 127 Å². The molecule has 2 aliphatic rings. The Morgan fingerprint density at radius 2 is 1.95 bits per heavy atom. The molecule has 2 aliphatic heterocycles. The van der Waals surface area contributed by atoms with Gasteiger partial charge in [0.15, 0.2) is 11.5 Å². The first-order valence-corrected chi connectivity index (χ1v) is 7.45. The van der Waals surface area contributed by atoms with Gasteiger partial charge in [0.05, 0.1) is 0 Å². The zero-order valence-corrected chi connectivity index (χ0v) is 12.2. The van der Waals surface area contributed by atoms with E-state index in [9.17, 15) is 13.9 Å². The summed E-state index contributed by atoms with van der Waals surface area (Å²) in [6.45, 7) is 1.81. The molecule has 0 amide bonds. The molecule has 1 atom stereocenters. The number of alkyl halides is 2. The van der Waals surface area contributed by atoms with Crippen LogP contribution in [-0.2, 0) is 0 Å². The van der Waals surface area contributed by atoms with Gasteiger partial charge in [-0.2, -0.15) is 0 Å². The van der Waals surface area contributed by atoms with E-state index in [4.69, 9.17) is 9.47 Å². The number of rotatable bonds is 4. The minimum absolute atomic E-state index is 0.336. The average molecular weight is 314 g/mol. The molecule has 1 fully saturated rings. The lowest BCUT2D eigenvalue weighted by molar-refractivity contribution is -0.119. The highest BCUT2D eigenvalue weighted by atomic mass is 19.3. The van der Waals surface area contributed by atoms with Gasteiger partial charge in [0.2, 0.25) is 0 Å². The number of benzene rings is 1. The molecule has 122 valence electrons. The van der Waals surface area contributed by atoms with Gasteiger partial charge in [0.1, 0.15) is 25.9 Å². The lowest BCUT2D eigenvalue weighted by Gasteiger charge is -2.39. The van der Waals surface area contributed by atoms with Gasteiger partial charge < -0.3 is 19.9 Å². The second-order valence-corrected chi connectivity index (χ2v) is 5.48. The van der Waals surface area contributed by atoms with Gasteiger partial charge in [-0.15, -0.1) is 0 Å². The maximum absolute atomic E-state index is 14.4. The van der Waals surface area contributed by atoms with Crippen molar-refractivity contribution in [3.8, 4) is 11.5 Å². The number of nitrogens with zero attached hydrogens (tertiary/aromatic N) is 1.